The van der Waals surface area contributed by atoms with Crippen molar-refractivity contribution in [3.05, 3.63) is 0 Å². The number of hydrogen-bond donors (Lipinski definition) is 2. The van der Waals surface area contributed by atoms with Gasteiger partial charge in [-0.15, -0.1) is 0 Å². The van der Waals surface area contributed by atoms with Crippen LogP contribution in [0.2, 0.25) is 0 Å². The van der Waals surface area contributed by atoms with E-state index in [1.54, 1.807) is 0 Å². The smallest absolute Gasteiger partial charge is 0.330 e. The van der Waals surface area contributed by atoms with E-state index in [2.05, 4.69) is 15.6 Å². The lowest BCUT2D eigenvalue weighted by atomic mass is 10.1. The largest absolute Gasteiger partial charge is 0.351 e. The van der Waals surface area contributed by atoms with Gasteiger partial charge in [-0.25, -0.2) is 4.79 Å². The quantitative estimate of drug-likeness (QED) is 0.434. The van der Waals surface area contributed by atoms with Crippen molar-refractivity contribution in [1.29, 1.82) is 0 Å². The third kappa shape index (κ3) is 1.26. The first-order valence-corrected chi connectivity index (χ1v) is 4.02. The first-order chi connectivity index (χ1) is 7.00. The number of nitrogens with zero attached hydrogens (tertiary/aromatic N) is 2. The van der Waals surface area contributed by atoms with Crippen LogP contribution in [0.4, 0.5) is 4.79 Å². The van der Waals surface area contributed by atoms with Gasteiger partial charge < -0.3 is 10.6 Å². The molecule has 0 aromatic heterocycles. The Morgan fingerprint density at radius 1 is 1.20 bits per heavy atom. The number of amidine groups is 1. The molecule has 1 saturated heterocycles. The molecule has 2 rings (SSSR count). The van der Waals surface area contributed by atoms with Gasteiger partial charge in [-0.1, -0.05) is 0 Å². The number of fused-ring (bicyclic) bond motifs is 1. The first kappa shape index (κ1) is 9.31. The van der Waals surface area contributed by atoms with E-state index in [0.29, 0.717) is 0 Å². The molecule has 78 valence electrons. The number of hydrogen-bond acceptors (Lipinski definition) is 4. The first-order valence-electron chi connectivity index (χ1n) is 4.02. The Bertz CT molecular complexity index is 427. The van der Waals surface area contributed by atoms with E-state index in [-0.39, 0.29) is 5.84 Å². The number of rotatable bonds is 0. The van der Waals surface area contributed by atoms with Crippen molar-refractivity contribution in [2.75, 3.05) is 7.05 Å². The average Bonchev–Trinajstić information content (AvgIpc) is 2.19. The van der Waals surface area contributed by atoms with Gasteiger partial charge in [0, 0.05) is 7.05 Å². The molecular formula is C7H6N4O4. The Labute approximate surface area is 83.3 Å². The maximum absolute atomic E-state index is 11.5. The Morgan fingerprint density at radius 3 is 2.53 bits per heavy atom. The van der Waals surface area contributed by atoms with Gasteiger partial charge in [0.1, 0.15) is 5.84 Å². The SMILES string of the molecule is CN1C(=O)N=C2NC(=O)C(=O)NC2C1=O. The second kappa shape index (κ2) is 2.87. The highest BCUT2D eigenvalue weighted by Crippen LogP contribution is 2.07. The lowest BCUT2D eigenvalue weighted by Crippen LogP contribution is -2.67. The minimum Gasteiger partial charge on any atom is -0.330 e. The van der Waals surface area contributed by atoms with Crippen LogP contribution in [0.3, 0.4) is 0 Å². The number of likely N-dealkylation sites (N-methyl/N-ethyl adjacent to an activating group) is 1. The van der Waals surface area contributed by atoms with E-state index >= 15 is 0 Å². The molecular weight excluding hydrogens is 204 g/mol. The van der Waals surface area contributed by atoms with Crippen molar-refractivity contribution in [2.45, 2.75) is 6.04 Å². The van der Waals surface area contributed by atoms with E-state index in [0.717, 1.165) is 4.90 Å². The van der Waals surface area contributed by atoms with E-state index < -0.39 is 29.8 Å². The predicted octanol–water partition coefficient (Wildman–Crippen LogP) is -2.41. The fraction of sp³-hybridized carbons (Fsp3) is 0.286. The van der Waals surface area contributed by atoms with Gasteiger partial charge in [0.2, 0.25) is 0 Å². The fourth-order valence-corrected chi connectivity index (χ4v) is 1.25. The topological polar surface area (TPSA) is 108 Å². The number of carbonyl (C=O) groups excluding carboxylic acids is 4. The third-order valence-corrected chi connectivity index (χ3v) is 2.08. The lowest BCUT2D eigenvalue weighted by Gasteiger charge is -2.30. The number of carbonyl (C=O) groups is 4. The molecule has 2 heterocycles. The summed E-state index contributed by atoms with van der Waals surface area (Å²) in [5.74, 6) is -2.61. The monoisotopic (exact) mass is 210 g/mol. The molecule has 5 amide bonds. The van der Waals surface area contributed by atoms with Crippen molar-refractivity contribution in [1.82, 2.24) is 15.5 Å². The normalized spacial score (nSPS) is 25.5. The molecule has 2 aliphatic rings. The van der Waals surface area contributed by atoms with Gasteiger partial charge in [-0.05, 0) is 0 Å². The lowest BCUT2D eigenvalue weighted by molar-refractivity contribution is -0.141. The standard InChI is InChI=1S/C7H6N4O4/c1-11-6(14)2-3(10-7(11)15)9-5(13)4(12)8-2/h2H,1H3,(H,8,12)(H,9,10,13,15). The molecule has 0 saturated carbocycles. The molecule has 0 radical (unpaired) electrons. The molecule has 1 unspecified atom stereocenters. The Morgan fingerprint density at radius 2 is 1.87 bits per heavy atom. The highest BCUT2D eigenvalue weighted by molar-refractivity contribution is 6.43. The minimum absolute atomic E-state index is 0.132. The van der Waals surface area contributed by atoms with Crippen molar-refractivity contribution in [3.8, 4) is 0 Å². The predicted molar refractivity (Wildman–Crippen MR) is 45.7 cm³/mol. The van der Waals surface area contributed by atoms with Crippen LogP contribution in [0.1, 0.15) is 0 Å². The van der Waals surface area contributed by atoms with E-state index in [4.69, 9.17) is 0 Å². The number of amides is 5. The Hall–Kier alpha value is -2.25. The second-order valence-electron chi connectivity index (χ2n) is 3.04. The summed E-state index contributed by atoms with van der Waals surface area (Å²) in [5, 5.41) is 4.22. The molecule has 2 aliphatic heterocycles. The second-order valence-corrected chi connectivity index (χ2v) is 3.04. The van der Waals surface area contributed by atoms with E-state index in [1.807, 2.05) is 0 Å². The molecule has 0 aliphatic carbocycles. The molecule has 8 heteroatoms. The Balaban J connectivity index is 2.39. The van der Waals surface area contributed by atoms with Crippen LogP contribution >= 0.6 is 0 Å². The summed E-state index contributed by atoms with van der Waals surface area (Å²) in [6.07, 6.45) is 0. The molecule has 0 bridgehead atoms. The third-order valence-electron chi connectivity index (χ3n) is 2.08. The minimum atomic E-state index is -1.07. The van der Waals surface area contributed by atoms with Crippen LogP contribution in [0.15, 0.2) is 4.99 Å². The summed E-state index contributed by atoms with van der Waals surface area (Å²) in [7, 11) is 1.24. The van der Waals surface area contributed by atoms with Crippen LogP contribution in [-0.4, -0.2) is 47.6 Å². The number of nitrogens with one attached hydrogen (secondary N) is 2. The summed E-state index contributed by atoms with van der Waals surface area (Å²) in [4.78, 5) is 48.7. The molecule has 0 spiro atoms. The zero-order valence-electron chi connectivity index (χ0n) is 7.60. The number of piperazine rings is 1. The van der Waals surface area contributed by atoms with E-state index in [9.17, 15) is 19.2 Å². The molecule has 2 N–H and O–H groups in total. The van der Waals surface area contributed by atoms with Crippen LogP contribution in [0, 0.1) is 0 Å². The summed E-state index contributed by atoms with van der Waals surface area (Å²) in [6, 6.07) is -1.85. The Kier molecular flexibility index (Phi) is 1.78. The molecule has 0 aromatic rings. The van der Waals surface area contributed by atoms with Gasteiger partial charge in [-0.3, -0.25) is 19.3 Å². The summed E-state index contributed by atoms with van der Waals surface area (Å²) in [5.41, 5.74) is 0. The highest BCUT2D eigenvalue weighted by atomic mass is 16.2. The van der Waals surface area contributed by atoms with Gasteiger partial charge in [-0.2, -0.15) is 4.99 Å². The van der Waals surface area contributed by atoms with Crippen molar-refractivity contribution in [2.24, 2.45) is 4.99 Å². The van der Waals surface area contributed by atoms with E-state index in [1.165, 1.54) is 7.05 Å². The molecule has 0 aromatic carbocycles. The van der Waals surface area contributed by atoms with Gasteiger partial charge in [0.15, 0.2) is 6.04 Å². The zero-order valence-corrected chi connectivity index (χ0v) is 7.60. The molecule has 1 atom stereocenters. The number of imide groups is 1. The molecule has 1 fully saturated rings. The van der Waals surface area contributed by atoms with Crippen LogP contribution in [0.25, 0.3) is 0 Å². The van der Waals surface area contributed by atoms with Crippen LogP contribution in [0.5, 0.6) is 0 Å². The van der Waals surface area contributed by atoms with Crippen LogP contribution in [-0.2, 0) is 14.4 Å². The van der Waals surface area contributed by atoms with Crippen molar-refractivity contribution in [3.63, 3.8) is 0 Å². The summed E-state index contributed by atoms with van der Waals surface area (Å²) < 4.78 is 0. The maximum Gasteiger partial charge on any atom is 0.351 e. The summed E-state index contributed by atoms with van der Waals surface area (Å²) >= 11 is 0. The summed E-state index contributed by atoms with van der Waals surface area (Å²) in [6.45, 7) is 0. The zero-order chi connectivity index (χ0) is 11.2. The maximum atomic E-state index is 11.5. The van der Waals surface area contributed by atoms with Crippen molar-refractivity contribution >= 4 is 29.6 Å². The van der Waals surface area contributed by atoms with Gasteiger partial charge in [0.25, 0.3) is 5.91 Å². The highest BCUT2D eigenvalue weighted by Gasteiger charge is 2.41. The number of aliphatic imine (C=N–C) groups is 1. The average molecular weight is 210 g/mol. The van der Waals surface area contributed by atoms with Crippen LogP contribution < -0.4 is 10.6 Å². The molecule has 8 nitrogen and oxygen atoms in total. The fourth-order valence-electron chi connectivity index (χ4n) is 1.25. The number of urea groups is 1. The molecule has 15 heavy (non-hydrogen) atoms. The van der Waals surface area contributed by atoms with Gasteiger partial charge >= 0.3 is 17.8 Å². The van der Waals surface area contributed by atoms with Crippen molar-refractivity contribution < 1.29 is 19.2 Å². The van der Waals surface area contributed by atoms with Gasteiger partial charge in [0.05, 0.1) is 0 Å².